The van der Waals surface area contributed by atoms with Crippen LogP contribution in [0.2, 0.25) is 0 Å². The number of allylic oxidation sites excluding steroid dienone is 1. The number of methoxy groups -OCH3 is 1. The van der Waals surface area contributed by atoms with Crippen molar-refractivity contribution in [2.75, 3.05) is 20.3 Å². The van der Waals surface area contributed by atoms with E-state index in [9.17, 15) is 24.6 Å². The Labute approximate surface area is 183 Å². The van der Waals surface area contributed by atoms with Crippen molar-refractivity contribution in [3.63, 3.8) is 0 Å². The molecule has 0 aromatic rings. The van der Waals surface area contributed by atoms with Crippen LogP contribution in [0, 0.1) is 28.6 Å². The number of ether oxygens (including phenoxy) is 2. The van der Waals surface area contributed by atoms with Crippen molar-refractivity contribution in [3.05, 3.63) is 11.6 Å². The zero-order valence-corrected chi connectivity index (χ0v) is 18.7. The molecule has 0 bridgehead atoms. The van der Waals surface area contributed by atoms with Crippen LogP contribution in [0.25, 0.3) is 0 Å². The standard InChI is InChI=1S/C24H34O7/c1-22-8-6-15(25)10-14(22)4-5-16-17-7-9-24(29,19(27)12-31-20(28)13-30-3)23(17,2)11-18(26)21(16)22/h10,16-18,21,26,29H,4-9,11-13H2,1-3H3/t16-,17-,18-,21+,22-,23-,24-/m0/s1. The van der Waals surface area contributed by atoms with E-state index in [-0.39, 0.29) is 35.6 Å². The Kier molecular flexibility index (Phi) is 5.68. The number of esters is 1. The molecular weight excluding hydrogens is 400 g/mol. The van der Waals surface area contributed by atoms with E-state index in [1.807, 2.05) is 6.92 Å². The highest BCUT2D eigenvalue weighted by Gasteiger charge is 2.68. The predicted molar refractivity (Wildman–Crippen MR) is 111 cm³/mol. The number of fused-ring (bicyclic) bond motifs is 5. The van der Waals surface area contributed by atoms with Crippen LogP contribution in [0.15, 0.2) is 11.6 Å². The third kappa shape index (κ3) is 3.31. The summed E-state index contributed by atoms with van der Waals surface area (Å²) in [6.45, 7) is 3.36. The van der Waals surface area contributed by atoms with E-state index in [0.717, 1.165) is 24.8 Å². The van der Waals surface area contributed by atoms with Crippen molar-refractivity contribution >= 4 is 17.5 Å². The molecule has 2 N–H and O–H groups in total. The number of carbonyl (C=O) groups is 3. The molecule has 7 nitrogen and oxygen atoms in total. The van der Waals surface area contributed by atoms with E-state index < -0.39 is 35.5 Å². The number of rotatable bonds is 5. The first-order valence-corrected chi connectivity index (χ1v) is 11.4. The minimum atomic E-state index is -1.63. The molecule has 3 saturated carbocycles. The summed E-state index contributed by atoms with van der Waals surface area (Å²) in [6, 6.07) is 0. The topological polar surface area (TPSA) is 110 Å². The first-order chi connectivity index (χ1) is 14.6. The Morgan fingerprint density at radius 2 is 1.90 bits per heavy atom. The van der Waals surface area contributed by atoms with Crippen molar-refractivity contribution in [3.8, 4) is 0 Å². The number of hydrogen-bond donors (Lipinski definition) is 2. The van der Waals surface area contributed by atoms with Gasteiger partial charge in [-0.15, -0.1) is 0 Å². The van der Waals surface area contributed by atoms with Crippen LogP contribution in [0.3, 0.4) is 0 Å². The SMILES string of the molecule is COCC(=O)OCC(=O)[C@@]1(O)CC[C@H]2[C@@H]3CCC4=CC(=O)CC[C@]4(C)[C@H]3[C@@H](O)C[C@@]21C. The van der Waals surface area contributed by atoms with Crippen molar-refractivity contribution in [2.45, 2.75) is 70.5 Å². The lowest BCUT2D eigenvalue weighted by Gasteiger charge is -2.60. The average molecular weight is 435 g/mol. The number of aliphatic hydroxyl groups excluding tert-OH is 1. The highest BCUT2D eigenvalue weighted by molar-refractivity contribution is 5.92. The smallest absolute Gasteiger partial charge is 0.332 e. The maximum atomic E-state index is 13.0. The first-order valence-electron chi connectivity index (χ1n) is 11.4. The summed E-state index contributed by atoms with van der Waals surface area (Å²) in [5.74, 6) is -0.671. The fourth-order valence-electron chi connectivity index (χ4n) is 7.58. The lowest BCUT2D eigenvalue weighted by atomic mass is 9.45. The molecule has 172 valence electrons. The zero-order chi connectivity index (χ0) is 22.6. The molecule has 0 aromatic heterocycles. The molecule has 0 radical (unpaired) electrons. The third-order valence-corrected chi connectivity index (χ3v) is 9.14. The molecule has 0 saturated heterocycles. The Morgan fingerprint density at radius 3 is 2.61 bits per heavy atom. The van der Waals surface area contributed by atoms with Crippen LogP contribution in [-0.2, 0) is 23.9 Å². The summed E-state index contributed by atoms with van der Waals surface area (Å²) in [6.07, 6.45) is 5.39. The van der Waals surface area contributed by atoms with Crippen LogP contribution in [-0.4, -0.2) is 59.8 Å². The molecule has 0 aliphatic heterocycles. The number of Topliss-reactive ketones (excluding diaryl/α,β-unsaturated/α-hetero) is 1. The number of aliphatic hydroxyl groups is 2. The molecule has 0 amide bonds. The molecule has 4 aliphatic rings. The van der Waals surface area contributed by atoms with Gasteiger partial charge in [0.1, 0.15) is 12.2 Å². The van der Waals surface area contributed by atoms with Crippen LogP contribution in [0.4, 0.5) is 0 Å². The van der Waals surface area contributed by atoms with Gasteiger partial charge in [-0.1, -0.05) is 19.4 Å². The number of ketones is 2. The van der Waals surface area contributed by atoms with Crippen LogP contribution in [0.5, 0.6) is 0 Å². The summed E-state index contributed by atoms with van der Waals surface area (Å²) < 4.78 is 9.72. The van der Waals surface area contributed by atoms with E-state index in [4.69, 9.17) is 9.47 Å². The van der Waals surface area contributed by atoms with Crippen LogP contribution in [0.1, 0.15) is 58.8 Å². The molecule has 0 unspecified atom stereocenters. The minimum Gasteiger partial charge on any atom is -0.456 e. The number of carbonyl (C=O) groups excluding carboxylic acids is 3. The van der Waals surface area contributed by atoms with Crippen molar-refractivity contribution in [2.24, 2.45) is 28.6 Å². The Morgan fingerprint density at radius 1 is 1.16 bits per heavy atom. The Hall–Kier alpha value is -1.57. The predicted octanol–water partition coefficient (Wildman–Crippen LogP) is 1.98. The second-order valence-electron chi connectivity index (χ2n) is 10.5. The molecule has 31 heavy (non-hydrogen) atoms. The van der Waals surface area contributed by atoms with Gasteiger partial charge >= 0.3 is 5.97 Å². The van der Waals surface area contributed by atoms with E-state index in [0.29, 0.717) is 25.7 Å². The van der Waals surface area contributed by atoms with Gasteiger partial charge in [-0.3, -0.25) is 9.59 Å². The van der Waals surface area contributed by atoms with Crippen molar-refractivity contribution in [1.29, 1.82) is 0 Å². The van der Waals surface area contributed by atoms with Gasteiger partial charge in [0.25, 0.3) is 0 Å². The third-order valence-electron chi connectivity index (χ3n) is 9.14. The molecule has 4 rings (SSSR count). The normalized spacial score (nSPS) is 44.0. The minimum absolute atomic E-state index is 0.0238. The fourth-order valence-corrected chi connectivity index (χ4v) is 7.58. The van der Waals surface area contributed by atoms with Crippen LogP contribution >= 0.6 is 0 Å². The summed E-state index contributed by atoms with van der Waals surface area (Å²) in [5, 5.41) is 22.9. The van der Waals surface area contributed by atoms with E-state index in [1.54, 1.807) is 6.08 Å². The van der Waals surface area contributed by atoms with Crippen molar-refractivity contribution < 1.29 is 34.1 Å². The van der Waals surface area contributed by atoms with Gasteiger partial charge in [0.2, 0.25) is 5.78 Å². The van der Waals surface area contributed by atoms with Gasteiger partial charge in [0.15, 0.2) is 12.4 Å². The fraction of sp³-hybridized carbons (Fsp3) is 0.792. The van der Waals surface area contributed by atoms with Gasteiger partial charge in [0, 0.05) is 18.9 Å². The number of hydrogen-bond acceptors (Lipinski definition) is 7. The molecule has 0 aromatic carbocycles. The van der Waals surface area contributed by atoms with Gasteiger partial charge in [-0.25, -0.2) is 4.79 Å². The molecule has 0 spiro atoms. The van der Waals surface area contributed by atoms with E-state index >= 15 is 0 Å². The highest BCUT2D eigenvalue weighted by atomic mass is 16.6. The molecule has 4 aliphatic carbocycles. The molecule has 7 heteroatoms. The lowest BCUT2D eigenvalue weighted by Crippen LogP contribution is -2.62. The van der Waals surface area contributed by atoms with Crippen molar-refractivity contribution in [1.82, 2.24) is 0 Å². The van der Waals surface area contributed by atoms with Gasteiger partial charge in [0.05, 0.1) is 6.10 Å². The largest absolute Gasteiger partial charge is 0.456 e. The van der Waals surface area contributed by atoms with E-state index in [1.165, 1.54) is 7.11 Å². The maximum absolute atomic E-state index is 13.0. The average Bonchev–Trinajstić information content (AvgIpc) is 2.98. The van der Waals surface area contributed by atoms with Gasteiger partial charge in [-0.2, -0.15) is 0 Å². The zero-order valence-electron chi connectivity index (χ0n) is 18.7. The van der Waals surface area contributed by atoms with Gasteiger partial charge in [-0.05, 0) is 67.8 Å². The molecule has 0 heterocycles. The second-order valence-corrected chi connectivity index (χ2v) is 10.5. The Balaban J connectivity index is 1.59. The quantitative estimate of drug-likeness (QED) is 0.637. The molecule has 7 atom stereocenters. The summed E-state index contributed by atoms with van der Waals surface area (Å²) in [7, 11) is 1.37. The summed E-state index contributed by atoms with van der Waals surface area (Å²) >= 11 is 0. The van der Waals surface area contributed by atoms with E-state index in [2.05, 4.69) is 6.92 Å². The second kappa shape index (κ2) is 7.78. The highest BCUT2D eigenvalue weighted by Crippen LogP contribution is 2.67. The molecular formula is C24H34O7. The molecule has 3 fully saturated rings. The lowest BCUT2D eigenvalue weighted by molar-refractivity contribution is -0.184. The van der Waals surface area contributed by atoms with Gasteiger partial charge < -0.3 is 19.7 Å². The monoisotopic (exact) mass is 434 g/mol. The Bertz CT molecular complexity index is 819. The first kappa shape index (κ1) is 22.6. The maximum Gasteiger partial charge on any atom is 0.332 e. The van der Waals surface area contributed by atoms with Crippen LogP contribution < -0.4 is 0 Å². The summed E-state index contributed by atoms with van der Waals surface area (Å²) in [4.78, 5) is 36.6. The summed E-state index contributed by atoms with van der Waals surface area (Å²) in [5.41, 5.74) is -1.46.